The molecule has 98 valence electrons. The van der Waals surface area contributed by atoms with E-state index in [9.17, 15) is 0 Å². The summed E-state index contributed by atoms with van der Waals surface area (Å²) in [5, 5.41) is 8.99. The molecule has 0 fully saturated rings. The first-order valence-electron chi connectivity index (χ1n) is 5.56. The van der Waals surface area contributed by atoms with Crippen molar-refractivity contribution in [2.45, 2.75) is 42.9 Å². The summed E-state index contributed by atoms with van der Waals surface area (Å²) in [7, 11) is 0. The van der Waals surface area contributed by atoms with Crippen molar-refractivity contribution in [3.8, 4) is 0 Å². The van der Waals surface area contributed by atoms with Crippen LogP contribution in [0.4, 0.5) is 0 Å². The highest BCUT2D eigenvalue weighted by Gasteiger charge is 2.15. The normalized spacial score (nSPS) is 13.0. The largest absolute Gasteiger partial charge is 0.395 e. The minimum Gasteiger partial charge on any atom is -0.395 e. The summed E-state index contributed by atoms with van der Waals surface area (Å²) in [4.78, 5) is 1.26. The van der Waals surface area contributed by atoms with Crippen LogP contribution in [0.5, 0.6) is 0 Å². The molecule has 0 aliphatic heterocycles. The molecule has 1 aromatic carbocycles. The van der Waals surface area contributed by atoms with E-state index in [1.165, 1.54) is 10.5 Å². The molecular formula is C13H22ClNOS. The van der Waals surface area contributed by atoms with Crippen LogP contribution in [0.25, 0.3) is 0 Å². The monoisotopic (exact) mass is 275 g/mol. The molecule has 0 aromatic heterocycles. The lowest BCUT2D eigenvalue weighted by Gasteiger charge is -2.20. The van der Waals surface area contributed by atoms with Crippen LogP contribution in [-0.4, -0.2) is 22.5 Å². The van der Waals surface area contributed by atoms with Gasteiger partial charge in [-0.15, -0.1) is 24.2 Å². The summed E-state index contributed by atoms with van der Waals surface area (Å²) < 4.78 is 0.194. The van der Waals surface area contributed by atoms with Crippen LogP contribution < -0.4 is 5.73 Å². The van der Waals surface area contributed by atoms with Crippen molar-refractivity contribution < 1.29 is 5.11 Å². The van der Waals surface area contributed by atoms with Gasteiger partial charge in [0.1, 0.15) is 0 Å². The molecule has 0 saturated carbocycles. The van der Waals surface area contributed by atoms with E-state index in [0.717, 1.165) is 6.42 Å². The van der Waals surface area contributed by atoms with Crippen LogP contribution in [0.15, 0.2) is 29.2 Å². The van der Waals surface area contributed by atoms with E-state index >= 15 is 0 Å². The molecule has 17 heavy (non-hydrogen) atoms. The average molecular weight is 276 g/mol. The molecule has 0 bridgehead atoms. The topological polar surface area (TPSA) is 46.2 Å². The quantitative estimate of drug-likeness (QED) is 0.831. The molecular weight excluding hydrogens is 254 g/mol. The molecule has 0 heterocycles. The Labute approximate surface area is 114 Å². The Morgan fingerprint density at radius 3 is 2.41 bits per heavy atom. The fourth-order valence-corrected chi connectivity index (χ4v) is 2.54. The molecule has 0 spiro atoms. The van der Waals surface area contributed by atoms with Crippen LogP contribution in [0, 0.1) is 0 Å². The molecule has 1 rings (SSSR count). The lowest BCUT2D eigenvalue weighted by Crippen LogP contribution is -2.27. The molecule has 0 saturated heterocycles. The Morgan fingerprint density at radius 1 is 1.29 bits per heavy atom. The minimum atomic E-state index is -0.165. The predicted molar refractivity (Wildman–Crippen MR) is 78.1 cm³/mol. The second kappa shape index (κ2) is 7.27. The first-order chi connectivity index (χ1) is 7.42. The zero-order valence-electron chi connectivity index (χ0n) is 10.6. The second-order valence-electron chi connectivity index (χ2n) is 4.97. The van der Waals surface area contributed by atoms with E-state index in [2.05, 4.69) is 32.9 Å². The third-order valence-corrected chi connectivity index (χ3v) is 3.34. The number of aliphatic hydroxyl groups excluding tert-OH is 1. The smallest absolute Gasteiger partial charge is 0.0585 e. The molecule has 0 amide bonds. The average Bonchev–Trinajstić information content (AvgIpc) is 2.18. The molecule has 4 heteroatoms. The maximum atomic E-state index is 8.99. The van der Waals surface area contributed by atoms with Gasteiger partial charge in [0.25, 0.3) is 0 Å². The maximum Gasteiger partial charge on any atom is 0.0585 e. The predicted octanol–water partition coefficient (Wildman–Crippen LogP) is 2.86. The molecule has 0 aliphatic rings. The van der Waals surface area contributed by atoms with Gasteiger partial charge < -0.3 is 10.8 Å². The van der Waals surface area contributed by atoms with Gasteiger partial charge in [-0.25, -0.2) is 0 Å². The van der Waals surface area contributed by atoms with Gasteiger partial charge >= 0.3 is 0 Å². The number of halogens is 1. The van der Waals surface area contributed by atoms with Gasteiger partial charge in [-0.2, -0.15) is 0 Å². The van der Waals surface area contributed by atoms with Gasteiger partial charge in [-0.1, -0.05) is 39.0 Å². The molecule has 3 N–H and O–H groups in total. The van der Waals surface area contributed by atoms with Gasteiger partial charge in [-0.3, -0.25) is 0 Å². The maximum absolute atomic E-state index is 8.99. The number of benzene rings is 1. The zero-order valence-corrected chi connectivity index (χ0v) is 12.3. The number of rotatable bonds is 4. The number of thioether (sulfide) groups is 1. The lowest BCUT2D eigenvalue weighted by atomic mass is 10.1. The van der Waals surface area contributed by atoms with Crippen molar-refractivity contribution in [1.82, 2.24) is 0 Å². The Kier molecular flexibility index (Phi) is 7.17. The van der Waals surface area contributed by atoms with Crippen molar-refractivity contribution >= 4 is 24.2 Å². The SMILES string of the molecule is CC(C)(C)Sc1ccccc1CC(N)CO.Cl. The third-order valence-electron chi connectivity index (χ3n) is 2.11. The van der Waals surface area contributed by atoms with Gasteiger partial charge in [0.15, 0.2) is 0 Å². The summed E-state index contributed by atoms with van der Waals surface area (Å²) in [6, 6.07) is 8.11. The Bertz CT molecular complexity index is 338. The van der Waals surface area contributed by atoms with Crippen molar-refractivity contribution in [2.75, 3.05) is 6.61 Å². The number of aliphatic hydroxyl groups is 1. The van der Waals surface area contributed by atoms with Crippen molar-refractivity contribution in [3.63, 3.8) is 0 Å². The van der Waals surface area contributed by atoms with Gasteiger partial charge in [0.2, 0.25) is 0 Å². The highest BCUT2D eigenvalue weighted by atomic mass is 35.5. The van der Waals surface area contributed by atoms with Crippen LogP contribution in [-0.2, 0) is 6.42 Å². The standard InChI is InChI=1S/C13H21NOS.ClH/c1-13(2,3)16-12-7-5-4-6-10(12)8-11(14)9-15;/h4-7,11,15H,8-9,14H2,1-3H3;1H. The fourth-order valence-electron chi connectivity index (χ4n) is 1.45. The van der Waals surface area contributed by atoms with E-state index in [-0.39, 0.29) is 29.8 Å². The summed E-state index contributed by atoms with van der Waals surface area (Å²) in [5.41, 5.74) is 7.00. The summed E-state index contributed by atoms with van der Waals surface area (Å²) >= 11 is 1.84. The summed E-state index contributed by atoms with van der Waals surface area (Å²) in [5.74, 6) is 0. The number of hydrogen-bond acceptors (Lipinski definition) is 3. The molecule has 1 aromatic rings. The lowest BCUT2D eigenvalue weighted by molar-refractivity contribution is 0.265. The first-order valence-corrected chi connectivity index (χ1v) is 6.37. The van der Waals surface area contributed by atoms with E-state index < -0.39 is 0 Å². The van der Waals surface area contributed by atoms with Gasteiger partial charge in [0, 0.05) is 15.7 Å². The summed E-state index contributed by atoms with van der Waals surface area (Å²) in [6.45, 7) is 6.62. The third kappa shape index (κ3) is 6.32. The molecule has 2 nitrogen and oxygen atoms in total. The Hall–Kier alpha value is -0.220. The molecule has 0 radical (unpaired) electrons. The van der Waals surface area contributed by atoms with Crippen LogP contribution in [0.2, 0.25) is 0 Å². The minimum absolute atomic E-state index is 0. The van der Waals surface area contributed by atoms with E-state index in [0.29, 0.717) is 0 Å². The van der Waals surface area contributed by atoms with Crippen LogP contribution in [0.3, 0.4) is 0 Å². The Balaban J connectivity index is 0.00000256. The van der Waals surface area contributed by atoms with Gasteiger partial charge in [-0.05, 0) is 18.1 Å². The molecule has 1 unspecified atom stereocenters. The van der Waals surface area contributed by atoms with Crippen molar-refractivity contribution in [3.05, 3.63) is 29.8 Å². The Morgan fingerprint density at radius 2 is 1.88 bits per heavy atom. The van der Waals surface area contributed by atoms with Crippen molar-refractivity contribution in [1.29, 1.82) is 0 Å². The van der Waals surface area contributed by atoms with E-state index in [1.807, 2.05) is 23.9 Å². The van der Waals surface area contributed by atoms with Crippen molar-refractivity contribution in [2.24, 2.45) is 5.73 Å². The second-order valence-corrected chi connectivity index (χ2v) is 6.84. The molecule has 1 atom stereocenters. The molecule has 0 aliphatic carbocycles. The zero-order chi connectivity index (χ0) is 12.2. The number of hydrogen-bond donors (Lipinski definition) is 2. The van der Waals surface area contributed by atoms with E-state index in [1.54, 1.807) is 0 Å². The van der Waals surface area contributed by atoms with Gasteiger partial charge in [0.05, 0.1) is 6.61 Å². The highest BCUT2D eigenvalue weighted by molar-refractivity contribution is 8.00. The van der Waals surface area contributed by atoms with E-state index in [4.69, 9.17) is 10.8 Å². The highest BCUT2D eigenvalue weighted by Crippen LogP contribution is 2.34. The van der Waals surface area contributed by atoms with Crippen LogP contribution in [0.1, 0.15) is 26.3 Å². The number of nitrogens with two attached hydrogens (primary N) is 1. The fraction of sp³-hybridized carbons (Fsp3) is 0.538. The van der Waals surface area contributed by atoms with Crippen LogP contribution >= 0.6 is 24.2 Å². The summed E-state index contributed by atoms with van der Waals surface area (Å²) in [6.07, 6.45) is 0.732. The first kappa shape index (κ1) is 16.8.